The molecule has 0 bridgehead atoms. The van der Waals surface area contributed by atoms with Crippen molar-refractivity contribution in [3.63, 3.8) is 0 Å². The number of thioether (sulfide) groups is 1. The van der Waals surface area contributed by atoms with E-state index in [-0.39, 0.29) is 17.9 Å². The Labute approximate surface area is 152 Å². The van der Waals surface area contributed by atoms with Gasteiger partial charge >= 0.3 is 5.97 Å². The Morgan fingerprint density at radius 1 is 1.44 bits per heavy atom. The lowest BCUT2D eigenvalue weighted by molar-refractivity contribution is -0.141. The van der Waals surface area contributed by atoms with Crippen LogP contribution in [-0.4, -0.2) is 38.7 Å². The molecule has 1 unspecified atom stereocenters. The molecule has 1 aliphatic rings. The van der Waals surface area contributed by atoms with Crippen LogP contribution in [0.1, 0.15) is 36.0 Å². The van der Waals surface area contributed by atoms with Crippen molar-refractivity contribution in [3.05, 3.63) is 26.6 Å². The minimum Gasteiger partial charge on any atom is -0.480 e. The maximum absolute atomic E-state index is 12.3. The van der Waals surface area contributed by atoms with Gasteiger partial charge in [0.2, 0.25) is 5.91 Å². The van der Waals surface area contributed by atoms with Gasteiger partial charge in [-0.05, 0) is 31.7 Å². The van der Waals surface area contributed by atoms with Crippen molar-refractivity contribution in [1.29, 1.82) is 0 Å². The van der Waals surface area contributed by atoms with Gasteiger partial charge in [-0.2, -0.15) is 11.8 Å². The van der Waals surface area contributed by atoms with Gasteiger partial charge in [-0.25, -0.2) is 4.98 Å². The maximum atomic E-state index is 12.3. The summed E-state index contributed by atoms with van der Waals surface area (Å²) in [4.78, 5) is 44.1. The molecule has 7 nitrogen and oxygen atoms in total. The number of aryl methyl sites for hydroxylation is 2. The molecule has 1 amide bonds. The number of carbonyl (C=O) groups excluding carboxylic acids is 1. The summed E-state index contributed by atoms with van der Waals surface area (Å²) < 4.78 is 0. The van der Waals surface area contributed by atoms with Crippen LogP contribution in [0.3, 0.4) is 0 Å². The van der Waals surface area contributed by atoms with E-state index >= 15 is 0 Å². The standard InChI is InChI=1S/C16H19N3O4S2/c1-8(16(22)23)17-12(20)5-6-24-7-11-18-14(21)13-9-3-2-4-10(9)25-15(13)19-11/h8H,2-7H2,1H3,(H,17,20)(H,22,23)(H,18,19,21). The molecular formula is C16H19N3O4S2. The lowest BCUT2D eigenvalue weighted by Gasteiger charge is -2.08. The van der Waals surface area contributed by atoms with Crippen LogP contribution in [0, 0.1) is 0 Å². The summed E-state index contributed by atoms with van der Waals surface area (Å²) in [5, 5.41) is 11.9. The van der Waals surface area contributed by atoms with Gasteiger partial charge in [-0.1, -0.05) is 0 Å². The molecule has 0 spiro atoms. The van der Waals surface area contributed by atoms with Crippen molar-refractivity contribution >= 4 is 45.2 Å². The molecule has 0 fully saturated rings. The molecule has 0 radical (unpaired) electrons. The molecule has 3 N–H and O–H groups in total. The second-order valence-corrected chi connectivity index (χ2v) is 8.17. The molecule has 3 rings (SSSR count). The fourth-order valence-corrected chi connectivity index (χ4v) is 4.91. The quantitative estimate of drug-likeness (QED) is 0.629. The second kappa shape index (κ2) is 7.57. The number of carboxylic acid groups (broad SMARTS) is 1. The summed E-state index contributed by atoms with van der Waals surface area (Å²) in [7, 11) is 0. The third-order valence-corrected chi connectivity index (χ3v) is 6.24. The molecule has 1 atom stereocenters. The Bertz CT molecular complexity index is 874. The van der Waals surface area contributed by atoms with E-state index in [4.69, 9.17) is 5.11 Å². The van der Waals surface area contributed by atoms with Gasteiger partial charge in [-0.3, -0.25) is 14.4 Å². The van der Waals surface area contributed by atoms with Gasteiger partial charge in [-0.15, -0.1) is 11.3 Å². The Hall–Kier alpha value is -1.87. The first kappa shape index (κ1) is 17.9. The number of hydrogen-bond acceptors (Lipinski definition) is 6. The normalized spacial score (nSPS) is 14.4. The molecule has 0 aromatic carbocycles. The van der Waals surface area contributed by atoms with Crippen LogP contribution in [0.25, 0.3) is 10.2 Å². The number of carboxylic acids is 1. The van der Waals surface area contributed by atoms with Crippen molar-refractivity contribution in [2.45, 2.75) is 44.4 Å². The number of carbonyl (C=O) groups is 2. The first-order chi connectivity index (χ1) is 12.0. The van der Waals surface area contributed by atoms with Gasteiger partial charge in [0.1, 0.15) is 16.7 Å². The van der Waals surface area contributed by atoms with Gasteiger partial charge in [0.05, 0.1) is 11.1 Å². The van der Waals surface area contributed by atoms with Crippen molar-refractivity contribution in [1.82, 2.24) is 15.3 Å². The van der Waals surface area contributed by atoms with Crippen LogP contribution in [-0.2, 0) is 28.2 Å². The highest BCUT2D eigenvalue weighted by atomic mass is 32.2. The van der Waals surface area contributed by atoms with Crippen molar-refractivity contribution in [2.24, 2.45) is 0 Å². The van der Waals surface area contributed by atoms with E-state index in [0.29, 0.717) is 17.3 Å². The van der Waals surface area contributed by atoms with Gasteiger partial charge in [0.25, 0.3) is 5.56 Å². The zero-order chi connectivity index (χ0) is 18.0. The smallest absolute Gasteiger partial charge is 0.325 e. The second-order valence-electron chi connectivity index (χ2n) is 5.98. The van der Waals surface area contributed by atoms with Crippen molar-refractivity contribution < 1.29 is 14.7 Å². The van der Waals surface area contributed by atoms with E-state index in [1.165, 1.54) is 23.6 Å². The van der Waals surface area contributed by atoms with E-state index in [0.717, 1.165) is 35.0 Å². The molecule has 0 saturated carbocycles. The Kier molecular flexibility index (Phi) is 5.43. The molecular weight excluding hydrogens is 362 g/mol. The molecule has 9 heteroatoms. The molecule has 2 aromatic rings. The third kappa shape index (κ3) is 4.04. The number of hydrogen-bond donors (Lipinski definition) is 3. The number of aliphatic carboxylic acids is 1. The molecule has 0 aliphatic heterocycles. The maximum Gasteiger partial charge on any atom is 0.325 e. The summed E-state index contributed by atoms with van der Waals surface area (Å²) in [5.41, 5.74) is 1.09. The van der Waals surface area contributed by atoms with Crippen LogP contribution in [0.4, 0.5) is 0 Å². The van der Waals surface area contributed by atoms with Gasteiger partial charge in [0.15, 0.2) is 0 Å². The number of amides is 1. The van der Waals surface area contributed by atoms with Gasteiger partial charge in [0, 0.05) is 17.1 Å². The zero-order valence-corrected chi connectivity index (χ0v) is 15.4. The van der Waals surface area contributed by atoms with E-state index in [1.54, 1.807) is 11.3 Å². The van der Waals surface area contributed by atoms with Crippen LogP contribution < -0.4 is 10.9 Å². The highest BCUT2D eigenvalue weighted by molar-refractivity contribution is 7.98. The number of aromatic nitrogens is 2. The highest BCUT2D eigenvalue weighted by Crippen LogP contribution is 2.34. The summed E-state index contributed by atoms with van der Waals surface area (Å²) in [6, 6.07) is -0.890. The number of H-pyrrole nitrogens is 1. The molecule has 0 saturated heterocycles. The number of rotatable bonds is 7. The van der Waals surface area contributed by atoms with Crippen molar-refractivity contribution in [2.75, 3.05) is 5.75 Å². The topological polar surface area (TPSA) is 112 Å². The number of fused-ring (bicyclic) bond motifs is 3. The minimum atomic E-state index is -1.06. The minimum absolute atomic E-state index is 0.0759. The van der Waals surface area contributed by atoms with E-state index < -0.39 is 12.0 Å². The van der Waals surface area contributed by atoms with Crippen LogP contribution >= 0.6 is 23.1 Å². The Morgan fingerprint density at radius 3 is 3.00 bits per heavy atom. The first-order valence-corrected chi connectivity index (χ1v) is 10.1. The molecule has 2 heterocycles. The summed E-state index contributed by atoms with van der Waals surface area (Å²) in [6.45, 7) is 1.43. The van der Waals surface area contributed by atoms with Crippen LogP contribution in [0.15, 0.2) is 4.79 Å². The summed E-state index contributed by atoms with van der Waals surface area (Å²) in [5.74, 6) is 0.297. The zero-order valence-electron chi connectivity index (χ0n) is 13.8. The largest absolute Gasteiger partial charge is 0.480 e. The van der Waals surface area contributed by atoms with E-state index in [9.17, 15) is 14.4 Å². The summed E-state index contributed by atoms with van der Waals surface area (Å²) in [6.07, 6.45) is 3.32. The summed E-state index contributed by atoms with van der Waals surface area (Å²) >= 11 is 3.09. The lowest BCUT2D eigenvalue weighted by Crippen LogP contribution is -2.38. The molecule has 1 aliphatic carbocycles. The van der Waals surface area contributed by atoms with Crippen LogP contribution in [0.5, 0.6) is 0 Å². The number of nitrogens with one attached hydrogen (secondary N) is 2. The number of aromatic amines is 1. The highest BCUT2D eigenvalue weighted by Gasteiger charge is 2.21. The fourth-order valence-electron chi connectivity index (χ4n) is 2.82. The molecule has 2 aromatic heterocycles. The third-order valence-electron chi connectivity index (χ3n) is 4.08. The monoisotopic (exact) mass is 381 g/mol. The predicted molar refractivity (Wildman–Crippen MR) is 98.3 cm³/mol. The first-order valence-electron chi connectivity index (χ1n) is 8.09. The number of thiophene rings is 1. The van der Waals surface area contributed by atoms with E-state index in [1.807, 2.05) is 0 Å². The van der Waals surface area contributed by atoms with Crippen molar-refractivity contribution in [3.8, 4) is 0 Å². The fraction of sp³-hybridized carbons (Fsp3) is 0.500. The predicted octanol–water partition coefficient (Wildman–Crippen LogP) is 1.69. The van der Waals surface area contributed by atoms with Gasteiger partial charge < -0.3 is 15.4 Å². The van der Waals surface area contributed by atoms with E-state index in [2.05, 4.69) is 15.3 Å². The SMILES string of the molecule is CC(NC(=O)CCSCc1nc2sc3c(c2c(=O)[nH]1)CCC3)C(=O)O. The molecule has 134 valence electrons. The van der Waals surface area contributed by atoms with Crippen LogP contribution in [0.2, 0.25) is 0 Å². The number of nitrogens with zero attached hydrogens (tertiary/aromatic N) is 1. The Morgan fingerprint density at radius 2 is 2.24 bits per heavy atom. The Balaban J connectivity index is 1.55. The molecule has 25 heavy (non-hydrogen) atoms. The lowest BCUT2D eigenvalue weighted by atomic mass is 10.2. The average Bonchev–Trinajstić information content (AvgIpc) is 3.11. The average molecular weight is 381 g/mol.